The summed E-state index contributed by atoms with van der Waals surface area (Å²) in [7, 11) is 0. The van der Waals surface area contributed by atoms with E-state index in [4.69, 9.17) is 5.73 Å². The van der Waals surface area contributed by atoms with Crippen molar-refractivity contribution < 1.29 is 4.79 Å². The highest BCUT2D eigenvalue weighted by Gasteiger charge is 2.29. The normalized spacial score (nSPS) is 27.5. The maximum atomic E-state index is 11.8. The molecular formula is C12H24N2O. The molecule has 0 saturated heterocycles. The van der Waals surface area contributed by atoms with Gasteiger partial charge in [0.15, 0.2) is 0 Å². The maximum Gasteiger partial charge on any atom is 0.239 e. The van der Waals surface area contributed by atoms with Crippen molar-refractivity contribution in [1.29, 1.82) is 0 Å². The molecule has 0 bridgehead atoms. The minimum atomic E-state index is -0.754. The highest BCUT2D eigenvalue weighted by molar-refractivity contribution is 5.85. The molecule has 3 N–H and O–H groups in total. The summed E-state index contributed by atoms with van der Waals surface area (Å²) in [5.74, 6) is 0.623. The lowest BCUT2D eigenvalue weighted by Gasteiger charge is -2.33. The molecule has 1 amide bonds. The molecule has 0 aromatic heterocycles. The highest BCUT2D eigenvalue weighted by Crippen LogP contribution is 2.26. The number of rotatable bonds is 3. The van der Waals surface area contributed by atoms with E-state index in [9.17, 15) is 4.79 Å². The average Bonchev–Trinajstić information content (AvgIpc) is 2.17. The Morgan fingerprint density at radius 3 is 2.53 bits per heavy atom. The van der Waals surface area contributed by atoms with Crippen molar-refractivity contribution in [2.75, 3.05) is 0 Å². The van der Waals surface area contributed by atoms with Crippen LogP contribution in [0.5, 0.6) is 0 Å². The van der Waals surface area contributed by atoms with E-state index in [2.05, 4.69) is 12.2 Å². The van der Waals surface area contributed by atoms with E-state index in [1.165, 1.54) is 19.3 Å². The number of amides is 1. The maximum absolute atomic E-state index is 11.8. The summed E-state index contributed by atoms with van der Waals surface area (Å²) in [6.45, 7) is 5.71. The Bertz CT molecular complexity index is 220. The van der Waals surface area contributed by atoms with Gasteiger partial charge in [-0.15, -0.1) is 0 Å². The van der Waals surface area contributed by atoms with Crippen LogP contribution in [0.4, 0.5) is 0 Å². The van der Waals surface area contributed by atoms with Gasteiger partial charge in [0.1, 0.15) is 0 Å². The molecule has 1 fully saturated rings. The van der Waals surface area contributed by atoms with Crippen LogP contribution in [0, 0.1) is 5.92 Å². The van der Waals surface area contributed by atoms with Gasteiger partial charge in [0.05, 0.1) is 5.54 Å². The molecule has 2 atom stereocenters. The Morgan fingerprint density at radius 1 is 1.40 bits per heavy atom. The predicted molar refractivity (Wildman–Crippen MR) is 62.4 cm³/mol. The van der Waals surface area contributed by atoms with Gasteiger partial charge in [0.2, 0.25) is 5.91 Å². The first-order valence-corrected chi connectivity index (χ1v) is 6.05. The minimum absolute atomic E-state index is 0.0205. The van der Waals surface area contributed by atoms with Gasteiger partial charge in [-0.05, 0) is 32.6 Å². The first-order chi connectivity index (χ1) is 6.95. The lowest BCUT2D eigenvalue weighted by Crippen LogP contribution is -2.54. The van der Waals surface area contributed by atoms with E-state index in [0.29, 0.717) is 12.0 Å². The van der Waals surface area contributed by atoms with Crippen LogP contribution in [0.15, 0.2) is 0 Å². The monoisotopic (exact) mass is 212 g/mol. The zero-order valence-electron chi connectivity index (χ0n) is 10.2. The average molecular weight is 212 g/mol. The van der Waals surface area contributed by atoms with Gasteiger partial charge in [-0.1, -0.05) is 26.2 Å². The molecule has 1 aliphatic rings. The number of nitrogens with two attached hydrogens (primary N) is 1. The van der Waals surface area contributed by atoms with Crippen LogP contribution < -0.4 is 11.1 Å². The molecule has 0 radical (unpaired) electrons. The number of hydrogen-bond donors (Lipinski definition) is 2. The molecule has 1 saturated carbocycles. The largest absolute Gasteiger partial charge is 0.352 e. The molecule has 2 unspecified atom stereocenters. The summed E-state index contributed by atoms with van der Waals surface area (Å²) in [6.07, 6.45) is 6.03. The Hall–Kier alpha value is -0.570. The first-order valence-electron chi connectivity index (χ1n) is 6.05. The zero-order chi connectivity index (χ0) is 11.5. The van der Waals surface area contributed by atoms with Crippen LogP contribution >= 0.6 is 0 Å². The van der Waals surface area contributed by atoms with Crippen molar-refractivity contribution in [1.82, 2.24) is 5.32 Å². The zero-order valence-corrected chi connectivity index (χ0v) is 10.2. The molecule has 0 spiro atoms. The number of carbonyl (C=O) groups is 1. The van der Waals surface area contributed by atoms with Crippen molar-refractivity contribution in [3.05, 3.63) is 0 Å². The summed E-state index contributed by atoms with van der Waals surface area (Å²) >= 11 is 0. The second-order valence-corrected chi connectivity index (χ2v) is 5.25. The lowest BCUT2D eigenvalue weighted by atomic mass is 9.82. The molecule has 88 valence electrons. The number of nitrogens with one attached hydrogen (secondary N) is 1. The molecule has 0 aromatic rings. The Labute approximate surface area is 92.8 Å². The molecule has 3 nitrogen and oxygen atoms in total. The third-order valence-electron chi connectivity index (χ3n) is 3.34. The molecule has 0 heterocycles. The standard InChI is InChI=1S/C12H24N2O/c1-4-9-7-5-6-8-10(9)14-11(15)12(2,3)13/h9-10H,4-8,13H2,1-3H3,(H,14,15). The van der Waals surface area contributed by atoms with Crippen molar-refractivity contribution >= 4 is 5.91 Å². The van der Waals surface area contributed by atoms with Crippen molar-refractivity contribution in [2.45, 2.75) is 64.5 Å². The summed E-state index contributed by atoms with van der Waals surface area (Å²) in [5, 5.41) is 3.10. The third-order valence-corrected chi connectivity index (χ3v) is 3.34. The van der Waals surface area contributed by atoms with Gasteiger partial charge >= 0.3 is 0 Å². The first kappa shape index (κ1) is 12.5. The van der Waals surface area contributed by atoms with E-state index in [-0.39, 0.29) is 5.91 Å². The van der Waals surface area contributed by atoms with Gasteiger partial charge in [0.25, 0.3) is 0 Å². The van der Waals surface area contributed by atoms with Crippen molar-refractivity contribution in [3.63, 3.8) is 0 Å². The van der Waals surface area contributed by atoms with Crippen LogP contribution in [0.25, 0.3) is 0 Å². The van der Waals surface area contributed by atoms with Gasteiger partial charge in [-0.2, -0.15) is 0 Å². The van der Waals surface area contributed by atoms with Crippen LogP contribution in [0.2, 0.25) is 0 Å². The van der Waals surface area contributed by atoms with Crippen LogP contribution in [-0.4, -0.2) is 17.5 Å². The van der Waals surface area contributed by atoms with Crippen LogP contribution in [0.1, 0.15) is 52.9 Å². The summed E-state index contributed by atoms with van der Waals surface area (Å²) in [4.78, 5) is 11.8. The quantitative estimate of drug-likeness (QED) is 0.749. The number of carbonyl (C=O) groups excluding carboxylic acids is 1. The number of hydrogen-bond acceptors (Lipinski definition) is 2. The fourth-order valence-corrected chi connectivity index (χ4v) is 2.24. The van der Waals surface area contributed by atoms with E-state index >= 15 is 0 Å². The van der Waals surface area contributed by atoms with Crippen molar-refractivity contribution in [3.8, 4) is 0 Å². The SMILES string of the molecule is CCC1CCCCC1NC(=O)C(C)(C)N. The topological polar surface area (TPSA) is 55.1 Å². The Kier molecular flexibility index (Phi) is 4.14. The molecule has 1 rings (SSSR count). The van der Waals surface area contributed by atoms with E-state index in [0.717, 1.165) is 12.8 Å². The van der Waals surface area contributed by atoms with Crippen molar-refractivity contribution in [2.24, 2.45) is 11.7 Å². The minimum Gasteiger partial charge on any atom is -0.352 e. The molecule has 15 heavy (non-hydrogen) atoms. The van der Waals surface area contributed by atoms with Gasteiger partial charge in [-0.25, -0.2) is 0 Å². The Morgan fingerprint density at radius 2 is 2.00 bits per heavy atom. The van der Waals surface area contributed by atoms with E-state index in [1.54, 1.807) is 13.8 Å². The van der Waals surface area contributed by atoms with Gasteiger partial charge < -0.3 is 11.1 Å². The molecule has 0 aliphatic heterocycles. The predicted octanol–water partition coefficient (Wildman–Crippen LogP) is 1.81. The summed E-state index contributed by atoms with van der Waals surface area (Å²) < 4.78 is 0. The second-order valence-electron chi connectivity index (χ2n) is 5.25. The molecule has 0 aromatic carbocycles. The van der Waals surface area contributed by atoms with E-state index in [1.807, 2.05) is 0 Å². The molecule has 3 heteroatoms. The van der Waals surface area contributed by atoms with Gasteiger partial charge in [0, 0.05) is 6.04 Å². The Balaban J connectivity index is 2.52. The third kappa shape index (κ3) is 3.49. The fourth-order valence-electron chi connectivity index (χ4n) is 2.24. The second kappa shape index (κ2) is 4.97. The highest BCUT2D eigenvalue weighted by atomic mass is 16.2. The van der Waals surface area contributed by atoms with Crippen LogP contribution in [0.3, 0.4) is 0 Å². The van der Waals surface area contributed by atoms with Gasteiger partial charge in [-0.3, -0.25) is 4.79 Å². The smallest absolute Gasteiger partial charge is 0.239 e. The molecule has 1 aliphatic carbocycles. The lowest BCUT2D eigenvalue weighted by molar-refractivity contribution is -0.126. The van der Waals surface area contributed by atoms with Crippen LogP contribution in [-0.2, 0) is 4.79 Å². The molecular weight excluding hydrogens is 188 g/mol. The van der Waals surface area contributed by atoms with E-state index < -0.39 is 5.54 Å². The fraction of sp³-hybridized carbons (Fsp3) is 0.917. The summed E-state index contributed by atoms with van der Waals surface area (Å²) in [6, 6.07) is 0.346. The summed E-state index contributed by atoms with van der Waals surface area (Å²) in [5.41, 5.74) is 5.02.